The number of para-hydroxylation sites is 1. The molecule has 37 heavy (non-hydrogen) atoms. The highest BCUT2D eigenvalue weighted by Crippen LogP contribution is 2.34. The van der Waals surface area contributed by atoms with E-state index in [0.717, 1.165) is 61.0 Å². The Bertz CT molecular complexity index is 1810. The van der Waals surface area contributed by atoms with Crippen molar-refractivity contribution in [2.75, 3.05) is 0 Å². The van der Waals surface area contributed by atoms with Gasteiger partial charge in [0.25, 0.3) is 0 Å². The molecule has 0 radical (unpaired) electrons. The Morgan fingerprint density at radius 3 is 1.78 bits per heavy atom. The topological polar surface area (TPSA) is 38.9 Å². The largest absolute Gasteiger partial charge is 0.456 e. The zero-order valence-corrected chi connectivity index (χ0v) is 20.0. The molecule has 2 aromatic heterocycles. The lowest BCUT2D eigenvalue weighted by Crippen LogP contribution is -1.93. The number of aromatic nitrogens is 2. The van der Waals surface area contributed by atoms with Crippen molar-refractivity contribution in [1.29, 1.82) is 0 Å². The third-order valence-corrected chi connectivity index (χ3v) is 6.73. The van der Waals surface area contributed by atoms with Gasteiger partial charge in [-0.2, -0.15) is 0 Å². The van der Waals surface area contributed by atoms with Crippen molar-refractivity contribution in [2.24, 2.45) is 0 Å². The zero-order chi connectivity index (χ0) is 24.6. The molecule has 3 heteroatoms. The molecule has 7 aromatic rings. The SMILES string of the molecule is c1ccc(-c2cc(-c3ccccc3)cc(-c3nccc(-c4ccc5oc6ccccc6c5c4)n3)c2)cc1. The second-order valence-corrected chi connectivity index (χ2v) is 9.11. The maximum atomic E-state index is 6.01. The van der Waals surface area contributed by atoms with Gasteiger partial charge in [0.15, 0.2) is 5.82 Å². The summed E-state index contributed by atoms with van der Waals surface area (Å²) in [7, 11) is 0. The number of hydrogen-bond donors (Lipinski definition) is 0. The quantitative estimate of drug-likeness (QED) is 0.255. The molecule has 0 aliphatic rings. The fourth-order valence-electron chi connectivity index (χ4n) is 4.90. The zero-order valence-electron chi connectivity index (χ0n) is 20.0. The Labute approximate surface area is 214 Å². The van der Waals surface area contributed by atoms with Crippen molar-refractivity contribution in [3.63, 3.8) is 0 Å². The van der Waals surface area contributed by atoms with Gasteiger partial charge in [-0.1, -0.05) is 78.9 Å². The summed E-state index contributed by atoms with van der Waals surface area (Å²) >= 11 is 0. The van der Waals surface area contributed by atoms with E-state index >= 15 is 0 Å². The fraction of sp³-hybridized carbons (Fsp3) is 0. The first-order valence-electron chi connectivity index (χ1n) is 12.3. The van der Waals surface area contributed by atoms with Gasteiger partial charge in [-0.15, -0.1) is 0 Å². The Morgan fingerprint density at radius 2 is 1.05 bits per heavy atom. The molecule has 0 fully saturated rings. The van der Waals surface area contributed by atoms with Crippen molar-refractivity contribution in [1.82, 2.24) is 9.97 Å². The summed E-state index contributed by atoms with van der Waals surface area (Å²) in [6.45, 7) is 0. The normalized spacial score (nSPS) is 11.2. The molecule has 3 nitrogen and oxygen atoms in total. The number of benzene rings is 5. The van der Waals surface area contributed by atoms with Gasteiger partial charge in [0.05, 0.1) is 5.69 Å². The second kappa shape index (κ2) is 8.89. The molecule has 7 rings (SSSR count). The van der Waals surface area contributed by atoms with Crippen LogP contribution in [0.4, 0.5) is 0 Å². The molecule has 0 unspecified atom stereocenters. The van der Waals surface area contributed by atoms with E-state index in [1.807, 2.05) is 48.7 Å². The first-order chi connectivity index (χ1) is 18.3. The van der Waals surface area contributed by atoms with E-state index in [1.54, 1.807) is 0 Å². The van der Waals surface area contributed by atoms with Crippen LogP contribution in [0.1, 0.15) is 0 Å². The molecule has 0 bridgehead atoms. The predicted molar refractivity (Wildman–Crippen MR) is 151 cm³/mol. The van der Waals surface area contributed by atoms with Gasteiger partial charge in [0.2, 0.25) is 0 Å². The van der Waals surface area contributed by atoms with Gasteiger partial charge < -0.3 is 4.42 Å². The summed E-state index contributed by atoms with van der Waals surface area (Å²) < 4.78 is 6.01. The maximum absolute atomic E-state index is 6.01. The van der Waals surface area contributed by atoms with Crippen LogP contribution in [0.25, 0.3) is 66.8 Å². The lowest BCUT2D eigenvalue weighted by molar-refractivity contribution is 0.669. The number of nitrogens with zero attached hydrogens (tertiary/aromatic N) is 2. The first kappa shape index (κ1) is 21.3. The van der Waals surface area contributed by atoms with E-state index in [4.69, 9.17) is 9.40 Å². The van der Waals surface area contributed by atoms with Gasteiger partial charge in [0, 0.05) is 28.1 Å². The van der Waals surface area contributed by atoms with Crippen LogP contribution in [0, 0.1) is 0 Å². The van der Waals surface area contributed by atoms with E-state index in [1.165, 1.54) is 0 Å². The monoisotopic (exact) mass is 474 g/mol. The highest BCUT2D eigenvalue weighted by Gasteiger charge is 2.12. The molecule has 0 saturated carbocycles. The van der Waals surface area contributed by atoms with Crippen molar-refractivity contribution in [3.05, 3.63) is 134 Å². The Hall–Kier alpha value is -5.02. The summed E-state index contributed by atoms with van der Waals surface area (Å²) in [6, 6.07) is 43.8. The molecular weight excluding hydrogens is 452 g/mol. The number of rotatable bonds is 4. The Morgan fingerprint density at radius 1 is 0.432 bits per heavy atom. The lowest BCUT2D eigenvalue weighted by Gasteiger charge is -2.11. The molecule has 0 spiro atoms. The van der Waals surface area contributed by atoms with Crippen LogP contribution in [-0.4, -0.2) is 9.97 Å². The Balaban J connectivity index is 1.36. The molecule has 0 aliphatic heterocycles. The number of furan rings is 1. The highest BCUT2D eigenvalue weighted by molar-refractivity contribution is 6.06. The average Bonchev–Trinajstić information content (AvgIpc) is 3.36. The van der Waals surface area contributed by atoms with Crippen LogP contribution >= 0.6 is 0 Å². The molecule has 5 aromatic carbocycles. The molecule has 0 amide bonds. The van der Waals surface area contributed by atoms with Crippen molar-refractivity contribution in [3.8, 4) is 44.9 Å². The van der Waals surface area contributed by atoms with E-state index in [9.17, 15) is 0 Å². The molecule has 0 N–H and O–H groups in total. The van der Waals surface area contributed by atoms with Crippen LogP contribution in [-0.2, 0) is 0 Å². The van der Waals surface area contributed by atoms with Crippen LogP contribution in [0.3, 0.4) is 0 Å². The van der Waals surface area contributed by atoms with Gasteiger partial charge >= 0.3 is 0 Å². The van der Waals surface area contributed by atoms with E-state index in [-0.39, 0.29) is 0 Å². The third kappa shape index (κ3) is 3.97. The van der Waals surface area contributed by atoms with E-state index < -0.39 is 0 Å². The third-order valence-electron chi connectivity index (χ3n) is 6.73. The summed E-state index contributed by atoms with van der Waals surface area (Å²) in [4.78, 5) is 9.69. The second-order valence-electron chi connectivity index (χ2n) is 9.11. The highest BCUT2D eigenvalue weighted by atomic mass is 16.3. The van der Waals surface area contributed by atoms with Gasteiger partial charge in [0.1, 0.15) is 11.2 Å². The minimum atomic E-state index is 0.699. The standard InChI is InChI=1S/C34H22N2O/c1-3-9-23(10-4-1)26-19-27(24-11-5-2-6-12-24)21-28(20-26)34-35-18-17-31(36-34)25-15-16-33-30(22-25)29-13-7-8-14-32(29)37-33/h1-22H. The summed E-state index contributed by atoms with van der Waals surface area (Å²) in [6.07, 6.45) is 1.84. The van der Waals surface area contributed by atoms with Gasteiger partial charge in [-0.05, 0) is 70.8 Å². The van der Waals surface area contributed by atoms with E-state index in [0.29, 0.717) is 5.82 Å². The molecule has 2 heterocycles. The van der Waals surface area contributed by atoms with Gasteiger partial charge in [-0.3, -0.25) is 0 Å². The lowest BCUT2D eigenvalue weighted by atomic mass is 9.96. The fourth-order valence-corrected chi connectivity index (χ4v) is 4.90. The summed E-state index contributed by atoms with van der Waals surface area (Å²) in [5.74, 6) is 0.699. The van der Waals surface area contributed by atoms with Crippen LogP contribution in [0.2, 0.25) is 0 Å². The molecule has 0 aliphatic carbocycles. The first-order valence-corrected chi connectivity index (χ1v) is 12.3. The molecule has 174 valence electrons. The predicted octanol–water partition coefficient (Wildman–Crippen LogP) is 9.04. The minimum absolute atomic E-state index is 0.699. The summed E-state index contributed by atoms with van der Waals surface area (Å²) in [5, 5.41) is 2.20. The van der Waals surface area contributed by atoms with Crippen LogP contribution in [0.5, 0.6) is 0 Å². The summed E-state index contributed by atoms with van der Waals surface area (Å²) in [5.41, 5.74) is 9.26. The molecule has 0 saturated heterocycles. The van der Waals surface area contributed by atoms with E-state index in [2.05, 4.69) is 89.9 Å². The van der Waals surface area contributed by atoms with Crippen LogP contribution in [0.15, 0.2) is 138 Å². The van der Waals surface area contributed by atoms with Crippen molar-refractivity contribution in [2.45, 2.75) is 0 Å². The van der Waals surface area contributed by atoms with Crippen molar-refractivity contribution < 1.29 is 4.42 Å². The number of fused-ring (bicyclic) bond motifs is 3. The minimum Gasteiger partial charge on any atom is -0.456 e. The smallest absolute Gasteiger partial charge is 0.159 e. The average molecular weight is 475 g/mol. The van der Waals surface area contributed by atoms with Crippen molar-refractivity contribution >= 4 is 21.9 Å². The molecular formula is C34H22N2O. The number of hydrogen-bond acceptors (Lipinski definition) is 3. The molecule has 0 atom stereocenters. The van der Waals surface area contributed by atoms with Gasteiger partial charge in [-0.25, -0.2) is 9.97 Å². The van der Waals surface area contributed by atoms with Crippen LogP contribution < -0.4 is 0 Å². The Kier molecular flexibility index (Phi) is 5.11. The maximum Gasteiger partial charge on any atom is 0.159 e.